The van der Waals surface area contributed by atoms with Gasteiger partial charge in [-0.15, -0.1) is 0 Å². The zero-order valence-corrected chi connectivity index (χ0v) is 11.1. The minimum atomic E-state index is -0.936. The fourth-order valence-corrected chi connectivity index (χ4v) is 2.20. The Bertz CT molecular complexity index is 522. The van der Waals surface area contributed by atoms with Gasteiger partial charge in [-0.25, -0.2) is 4.79 Å². The van der Waals surface area contributed by atoms with Crippen LogP contribution in [0.15, 0.2) is 36.4 Å². The molecule has 1 aromatic carbocycles. The third-order valence-corrected chi connectivity index (χ3v) is 3.37. The lowest BCUT2D eigenvalue weighted by Crippen LogP contribution is -2.32. The number of aromatic carboxylic acids is 1. The Balaban J connectivity index is 1.77. The molecule has 1 aromatic rings. The van der Waals surface area contributed by atoms with Crippen molar-refractivity contribution in [2.75, 3.05) is 6.54 Å². The average molecular weight is 274 g/mol. The molecule has 2 rings (SSSR count). The predicted molar refractivity (Wildman–Crippen MR) is 75.3 cm³/mol. The van der Waals surface area contributed by atoms with E-state index in [1.54, 1.807) is 24.3 Å². The van der Waals surface area contributed by atoms with Crippen molar-refractivity contribution >= 4 is 11.9 Å². The second kappa shape index (κ2) is 6.34. The zero-order valence-electron chi connectivity index (χ0n) is 11.1. The molecule has 0 fully saturated rings. The molecule has 2 unspecified atom stereocenters. The number of amides is 1. The van der Waals surface area contributed by atoms with Gasteiger partial charge in [-0.3, -0.25) is 4.79 Å². The van der Waals surface area contributed by atoms with Crippen molar-refractivity contribution in [2.24, 2.45) is 11.7 Å². The summed E-state index contributed by atoms with van der Waals surface area (Å²) in [5, 5.41) is 11.7. The first kappa shape index (κ1) is 14.3. The molecule has 4 N–H and O–H groups in total. The standard InChI is InChI=1S/C15H18N2O3/c16-13-6-5-12(9-13)14(18)17-8-7-10-1-3-11(4-2-10)15(19)20/h1-6,12-13H,7-9,16H2,(H,17,18)(H,19,20). The molecule has 20 heavy (non-hydrogen) atoms. The van der Waals surface area contributed by atoms with Crippen LogP contribution in [0.1, 0.15) is 22.3 Å². The molecule has 1 amide bonds. The second-order valence-electron chi connectivity index (χ2n) is 4.93. The number of carboxylic acid groups (broad SMARTS) is 1. The number of benzene rings is 1. The Labute approximate surface area is 117 Å². The largest absolute Gasteiger partial charge is 0.478 e. The number of hydrogen-bond acceptors (Lipinski definition) is 3. The van der Waals surface area contributed by atoms with Gasteiger partial charge in [0.05, 0.1) is 11.5 Å². The van der Waals surface area contributed by atoms with Crippen LogP contribution in [0, 0.1) is 5.92 Å². The van der Waals surface area contributed by atoms with E-state index in [1.165, 1.54) is 0 Å². The summed E-state index contributed by atoms with van der Waals surface area (Å²) in [5.74, 6) is -1.06. The number of nitrogens with two attached hydrogens (primary N) is 1. The molecule has 0 saturated carbocycles. The highest BCUT2D eigenvalue weighted by atomic mass is 16.4. The summed E-state index contributed by atoms with van der Waals surface area (Å²) in [4.78, 5) is 22.5. The van der Waals surface area contributed by atoms with E-state index in [0.29, 0.717) is 19.4 Å². The summed E-state index contributed by atoms with van der Waals surface area (Å²) in [6.45, 7) is 0.533. The van der Waals surface area contributed by atoms with Crippen molar-refractivity contribution in [1.29, 1.82) is 0 Å². The van der Waals surface area contributed by atoms with E-state index in [9.17, 15) is 9.59 Å². The monoisotopic (exact) mass is 274 g/mol. The van der Waals surface area contributed by atoms with E-state index >= 15 is 0 Å². The van der Waals surface area contributed by atoms with E-state index in [4.69, 9.17) is 10.8 Å². The quantitative estimate of drug-likeness (QED) is 0.697. The van der Waals surface area contributed by atoms with Crippen LogP contribution in [-0.2, 0) is 11.2 Å². The molecular weight excluding hydrogens is 256 g/mol. The molecule has 0 aromatic heterocycles. The van der Waals surface area contributed by atoms with E-state index in [1.807, 2.05) is 12.2 Å². The maximum Gasteiger partial charge on any atom is 0.335 e. The minimum Gasteiger partial charge on any atom is -0.478 e. The molecule has 1 aliphatic carbocycles. The molecular formula is C15H18N2O3. The Hall–Kier alpha value is -2.14. The van der Waals surface area contributed by atoms with Crippen molar-refractivity contribution in [3.05, 3.63) is 47.5 Å². The first-order valence-electron chi connectivity index (χ1n) is 6.60. The Morgan fingerprint density at radius 3 is 2.50 bits per heavy atom. The van der Waals surface area contributed by atoms with Gasteiger partial charge in [-0.2, -0.15) is 0 Å². The molecule has 5 nitrogen and oxygen atoms in total. The minimum absolute atomic E-state index is 0.00337. The third-order valence-electron chi connectivity index (χ3n) is 3.37. The van der Waals surface area contributed by atoms with Gasteiger partial charge in [0.25, 0.3) is 0 Å². The highest BCUT2D eigenvalue weighted by Crippen LogP contribution is 2.16. The normalized spacial score (nSPS) is 20.9. The van der Waals surface area contributed by atoms with E-state index in [0.717, 1.165) is 5.56 Å². The molecule has 2 atom stereocenters. The van der Waals surface area contributed by atoms with Crippen LogP contribution < -0.4 is 11.1 Å². The number of rotatable bonds is 5. The summed E-state index contributed by atoms with van der Waals surface area (Å²) in [5.41, 5.74) is 6.97. The van der Waals surface area contributed by atoms with Crippen molar-refractivity contribution in [2.45, 2.75) is 18.9 Å². The van der Waals surface area contributed by atoms with Crippen molar-refractivity contribution < 1.29 is 14.7 Å². The van der Waals surface area contributed by atoms with Crippen LogP contribution >= 0.6 is 0 Å². The van der Waals surface area contributed by atoms with Gasteiger partial charge >= 0.3 is 5.97 Å². The molecule has 0 saturated heterocycles. The zero-order chi connectivity index (χ0) is 14.5. The van der Waals surface area contributed by atoms with Gasteiger partial charge in [0.15, 0.2) is 0 Å². The van der Waals surface area contributed by atoms with Crippen molar-refractivity contribution in [3.63, 3.8) is 0 Å². The van der Waals surface area contributed by atoms with Gasteiger partial charge in [0.2, 0.25) is 5.91 Å². The third kappa shape index (κ3) is 3.68. The molecule has 5 heteroatoms. The van der Waals surface area contributed by atoms with Crippen LogP contribution in [0.2, 0.25) is 0 Å². The average Bonchev–Trinajstić information content (AvgIpc) is 2.86. The first-order chi connectivity index (χ1) is 9.56. The van der Waals surface area contributed by atoms with Crippen LogP contribution in [0.3, 0.4) is 0 Å². The van der Waals surface area contributed by atoms with E-state index in [-0.39, 0.29) is 23.4 Å². The van der Waals surface area contributed by atoms with Gasteiger partial charge < -0.3 is 16.2 Å². The lowest BCUT2D eigenvalue weighted by Gasteiger charge is -2.10. The number of carbonyl (C=O) groups is 2. The van der Waals surface area contributed by atoms with Gasteiger partial charge in [-0.05, 0) is 30.5 Å². The molecule has 0 aliphatic heterocycles. The van der Waals surface area contributed by atoms with Gasteiger partial charge in [-0.1, -0.05) is 24.3 Å². The molecule has 0 spiro atoms. The fraction of sp³-hybridized carbons (Fsp3) is 0.333. The summed E-state index contributed by atoms with van der Waals surface area (Å²) in [6.07, 6.45) is 5.05. The molecule has 106 valence electrons. The highest BCUT2D eigenvalue weighted by Gasteiger charge is 2.21. The number of hydrogen-bond donors (Lipinski definition) is 3. The number of carboxylic acids is 1. The van der Waals surface area contributed by atoms with E-state index in [2.05, 4.69) is 5.32 Å². The summed E-state index contributed by atoms with van der Waals surface area (Å²) in [7, 11) is 0. The summed E-state index contributed by atoms with van der Waals surface area (Å²) < 4.78 is 0. The first-order valence-corrected chi connectivity index (χ1v) is 6.60. The highest BCUT2D eigenvalue weighted by molar-refractivity contribution is 5.87. The fourth-order valence-electron chi connectivity index (χ4n) is 2.20. The smallest absolute Gasteiger partial charge is 0.335 e. The molecule has 0 heterocycles. The van der Waals surface area contributed by atoms with Gasteiger partial charge in [0, 0.05) is 12.6 Å². The van der Waals surface area contributed by atoms with Crippen molar-refractivity contribution in [1.82, 2.24) is 5.32 Å². The van der Waals surface area contributed by atoms with Crippen LogP contribution in [-0.4, -0.2) is 29.6 Å². The number of nitrogens with one attached hydrogen (secondary N) is 1. The maximum atomic E-state index is 11.8. The summed E-state index contributed by atoms with van der Waals surface area (Å²) in [6, 6.07) is 6.65. The Morgan fingerprint density at radius 2 is 1.95 bits per heavy atom. The maximum absolute atomic E-state index is 11.8. The number of carbonyl (C=O) groups excluding carboxylic acids is 1. The van der Waals surface area contributed by atoms with Crippen LogP contribution in [0.4, 0.5) is 0 Å². The predicted octanol–water partition coefficient (Wildman–Crippen LogP) is 0.947. The SMILES string of the molecule is NC1C=CC(C(=O)NCCc2ccc(C(=O)O)cc2)C1. The van der Waals surface area contributed by atoms with Crippen LogP contribution in [0.25, 0.3) is 0 Å². The van der Waals surface area contributed by atoms with Gasteiger partial charge in [0.1, 0.15) is 0 Å². The molecule has 1 aliphatic rings. The lowest BCUT2D eigenvalue weighted by molar-refractivity contribution is -0.123. The molecule has 0 radical (unpaired) electrons. The van der Waals surface area contributed by atoms with Crippen LogP contribution in [0.5, 0.6) is 0 Å². The Kier molecular flexibility index (Phi) is 4.53. The van der Waals surface area contributed by atoms with Crippen molar-refractivity contribution in [3.8, 4) is 0 Å². The summed E-state index contributed by atoms with van der Waals surface area (Å²) >= 11 is 0. The Morgan fingerprint density at radius 1 is 1.25 bits per heavy atom. The van der Waals surface area contributed by atoms with E-state index < -0.39 is 5.97 Å². The molecule has 0 bridgehead atoms. The lowest BCUT2D eigenvalue weighted by atomic mass is 10.1. The second-order valence-corrected chi connectivity index (χ2v) is 4.93. The topological polar surface area (TPSA) is 92.4 Å².